The second-order valence-corrected chi connectivity index (χ2v) is 18.2. The Morgan fingerprint density at radius 2 is 1.00 bits per heavy atom. The molecule has 0 saturated heterocycles. The van der Waals surface area contributed by atoms with E-state index in [0.29, 0.717) is 14.5 Å². The average molecular weight is 891 g/mol. The topological polar surface area (TPSA) is 0 Å². The Hall–Kier alpha value is -2.86. The minimum absolute atomic E-state index is 0. The molecule has 6 rings (SSSR count). The van der Waals surface area contributed by atoms with Gasteiger partial charge in [0, 0.05) is 0 Å². The molecular formula is C47H50Cl2F6Zr-2. The third kappa shape index (κ3) is 12.8. The summed E-state index contributed by atoms with van der Waals surface area (Å²) in [6.07, 6.45) is 0.0304. The summed E-state index contributed by atoms with van der Waals surface area (Å²) in [6.45, 7) is 22.6. The van der Waals surface area contributed by atoms with Gasteiger partial charge in [-0.2, -0.15) is 11.6 Å². The molecule has 300 valence electrons. The first-order valence-corrected chi connectivity index (χ1v) is 19.4. The van der Waals surface area contributed by atoms with Crippen molar-refractivity contribution in [3.8, 4) is 0 Å². The molecule has 5 aromatic carbocycles. The third-order valence-electron chi connectivity index (χ3n) is 9.53. The number of fused-ring (bicyclic) bond motifs is 3. The van der Waals surface area contributed by atoms with Gasteiger partial charge >= 0.3 is 137 Å². The molecule has 1 aliphatic carbocycles. The zero-order valence-corrected chi connectivity index (χ0v) is 37.6. The van der Waals surface area contributed by atoms with Crippen molar-refractivity contribution in [2.24, 2.45) is 11.3 Å². The van der Waals surface area contributed by atoms with Crippen LogP contribution in [0.25, 0.3) is 21.5 Å². The third-order valence-corrected chi connectivity index (χ3v) is 11.0. The van der Waals surface area contributed by atoms with E-state index in [0.717, 1.165) is 48.5 Å². The molecule has 1 aliphatic rings. The summed E-state index contributed by atoms with van der Waals surface area (Å²) in [5.74, 6) is 0.573. The van der Waals surface area contributed by atoms with E-state index in [1.54, 1.807) is 0 Å². The molecule has 0 aliphatic heterocycles. The average Bonchev–Trinajstić information content (AvgIpc) is 3.72. The molecule has 0 aromatic heterocycles. The quantitative estimate of drug-likeness (QED) is 0.126. The van der Waals surface area contributed by atoms with Crippen molar-refractivity contribution in [2.75, 3.05) is 0 Å². The Kier molecular flexibility index (Phi) is 16.6. The Bertz CT molecular complexity index is 2040. The van der Waals surface area contributed by atoms with Crippen LogP contribution < -0.4 is 24.8 Å². The Balaban J connectivity index is 0.000000300. The molecule has 0 fully saturated rings. The molecule has 0 saturated carbocycles. The van der Waals surface area contributed by atoms with Crippen LogP contribution in [0.2, 0.25) is 0 Å². The van der Waals surface area contributed by atoms with E-state index in [1.165, 1.54) is 68.9 Å². The van der Waals surface area contributed by atoms with Crippen LogP contribution in [-0.2, 0) is 47.4 Å². The zero-order chi connectivity index (χ0) is 40.4. The van der Waals surface area contributed by atoms with Crippen LogP contribution in [0.5, 0.6) is 0 Å². The van der Waals surface area contributed by atoms with Crippen molar-refractivity contribution in [3.05, 3.63) is 148 Å². The van der Waals surface area contributed by atoms with Gasteiger partial charge in [0.15, 0.2) is 0 Å². The van der Waals surface area contributed by atoms with Crippen LogP contribution in [-0.4, -0.2) is 3.21 Å². The molecule has 56 heavy (non-hydrogen) atoms. The van der Waals surface area contributed by atoms with E-state index in [-0.39, 0.29) is 46.8 Å². The molecular weight excluding hydrogens is 841 g/mol. The molecule has 0 nitrogen and oxygen atoms in total. The van der Waals surface area contributed by atoms with Gasteiger partial charge in [-0.15, -0.1) is 39.7 Å². The number of allylic oxidation sites excluding steroid dienone is 4. The predicted molar refractivity (Wildman–Crippen MR) is 210 cm³/mol. The molecule has 0 N–H and O–H groups in total. The second-order valence-electron chi connectivity index (χ2n) is 17.0. The van der Waals surface area contributed by atoms with Crippen LogP contribution in [0.1, 0.15) is 109 Å². The van der Waals surface area contributed by atoms with E-state index in [1.807, 2.05) is 0 Å². The summed E-state index contributed by atoms with van der Waals surface area (Å²) in [5, 5.41) is 5.48. The molecule has 9 heteroatoms. The smallest absolute Gasteiger partial charge is 1.00 e. The fourth-order valence-corrected chi connectivity index (χ4v) is 6.80. The second kappa shape index (κ2) is 18.8. The predicted octanol–water partition coefficient (Wildman–Crippen LogP) is 8.51. The van der Waals surface area contributed by atoms with Gasteiger partial charge in [0.2, 0.25) is 0 Å². The molecule has 1 unspecified atom stereocenters. The van der Waals surface area contributed by atoms with Gasteiger partial charge in [0.1, 0.15) is 0 Å². The summed E-state index contributed by atoms with van der Waals surface area (Å²) in [4.78, 5) is 0. The van der Waals surface area contributed by atoms with Crippen molar-refractivity contribution in [1.82, 2.24) is 0 Å². The van der Waals surface area contributed by atoms with Crippen LogP contribution in [0.4, 0.5) is 26.3 Å². The van der Waals surface area contributed by atoms with E-state index < -0.39 is 23.5 Å². The van der Waals surface area contributed by atoms with Gasteiger partial charge in [-0.1, -0.05) is 122 Å². The molecule has 1 atom stereocenters. The normalized spacial score (nSPS) is 14.5. The van der Waals surface area contributed by atoms with Crippen molar-refractivity contribution in [1.29, 1.82) is 0 Å². The van der Waals surface area contributed by atoms with E-state index in [4.69, 9.17) is 0 Å². The largest absolute Gasteiger partial charge is 1.00 e. The SMILES string of the molecule is CC(C)(C)c1ccc2c(c1)[cH-]c1cc(C(C)(C)C)ccc12.CCC1[C-]=CC(C(C)(C)C)=C1.FC(F)(F)c1cccc([C](=[Zr+2])c2cccc(C(F)(F)F)c2)c1.[Cl-].[Cl-]. The number of hydrogen-bond donors (Lipinski definition) is 0. The Labute approximate surface area is 356 Å². The molecule has 5 aromatic rings. The van der Waals surface area contributed by atoms with Crippen molar-refractivity contribution in [2.45, 2.75) is 98.8 Å². The van der Waals surface area contributed by atoms with E-state index in [9.17, 15) is 26.3 Å². The van der Waals surface area contributed by atoms with Crippen molar-refractivity contribution in [3.63, 3.8) is 0 Å². The maximum absolute atomic E-state index is 12.7. The molecule has 0 spiro atoms. The standard InChI is InChI=1S/C21H25.C15H8F6.C11H17.2ClH.Zr/c1-20(2,3)16-7-9-18-14(12-16)11-15-13-17(21(4,5)6)8-10-19(15)18;16-14(17,18)12-5-1-3-10(8-12)7-11-4-2-6-13(9-11)15(19,20)21;1-5-9-6-7-10(8-9)11(2,3)4;;;/h7-13H,1-6H3;1-6,8-9H;7-9H,5H2,1-4H3;2*1H;/q-1;;-1;;;+2/p-2. The number of benzene rings is 4. The van der Waals surface area contributed by atoms with Gasteiger partial charge in [-0.3, -0.25) is 6.08 Å². The molecule has 0 bridgehead atoms. The minimum Gasteiger partial charge on any atom is -1.00 e. The van der Waals surface area contributed by atoms with Gasteiger partial charge < -0.3 is 24.8 Å². The van der Waals surface area contributed by atoms with Gasteiger partial charge in [0.05, 0.1) is 0 Å². The van der Waals surface area contributed by atoms with Crippen molar-refractivity contribution >= 4 is 24.8 Å². The number of rotatable bonds is 3. The molecule has 0 radical (unpaired) electrons. The van der Waals surface area contributed by atoms with Gasteiger partial charge in [0.25, 0.3) is 0 Å². The maximum atomic E-state index is 12.7. The summed E-state index contributed by atoms with van der Waals surface area (Å²) in [5.41, 5.74) is 3.85. The summed E-state index contributed by atoms with van der Waals surface area (Å²) < 4.78 is 76.7. The fourth-order valence-electron chi connectivity index (χ4n) is 6.04. The van der Waals surface area contributed by atoms with Crippen LogP contribution in [0, 0.1) is 17.4 Å². The molecule has 0 heterocycles. The zero-order valence-electron chi connectivity index (χ0n) is 33.6. The first-order valence-electron chi connectivity index (χ1n) is 18.2. The Morgan fingerprint density at radius 1 is 0.589 bits per heavy atom. The van der Waals surface area contributed by atoms with Crippen LogP contribution in [0.15, 0.2) is 109 Å². The number of halogens is 8. The van der Waals surface area contributed by atoms with E-state index >= 15 is 0 Å². The molecule has 0 amide bonds. The first kappa shape index (κ1) is 49.3. The van der Waals surface area contributed by atoms with Gasteiger partial charge in [-0.25, -0.2) is 6.08 Å². The fraction of sp³-hybridized carbons (Fsp3) is 0.362. The van der Waals surface area contributed by atoms with Crippen molar-refractivity contribution < 1.29 is 75.4 Å². The summed E-state index contributed by atoms with van der Waals surface area (Å²) in [6, 6.07) is 25.3. The number of alkyl halides is 6. The van der Waals surface area contributed by atoms with E-state index in [2.05, 4.69) is 130 Å². The van der Waals surface area contributed by atoms with Crippen LogP contribution >= 0.6 is 0 Å². The minimum atomic E-state index is -4.49. The monoisotopic (exact) mass is 888 g/mol. The first-order chi connectivity index (χ1) is 24.8. The Morgan fingerprint density at radius 3 is 1.30 bits per heavy atom. The maximum Gasteiger partial charge on any atom is -1.00 e. The van der Waals surface area contributed by atoms with Gasteiger partial charge in [-0.05, 0) is 10.8 Å². The number of hydrogen-bond acceptors (Lipinski definition) is 0. The summed E-state index contributed by atoms with van der Waals surface area (Å²) in [7, 11) is 0. The van der Waals surface area contributed by atoms with Crippen LogP contribution in [0.3, 0.4) is 0 Å². The summed E-state index contributed by atoms with van der Waals surface area (Å²) >= 11 is 0.729.